The topological polar surface area (TPSA) is 18.5 Å². The maximum Gasteiger partial charge on any atom is 0.0841 e. The fraction of sp³-hybridized carbons (Fsp3) is 0.800. The van der Waals surface area contributed by atoms with Crippen molar-refractivity contribution in [1.29, 1.82) is 0 Å². The largest absolute Gasteiger partial charge is 0.376 e. The number of hydrogen-bond donors (Lipinski definition) is 0. The number of ether oxygens (including phenoxy) is 2. The summed E-state index contributed by atoms with van der Waals surface area (Å²) in [5, 5.41) is 0. The predicted molar refractivity (Wildman–Crippen MR) is 47.1 cm³/mol. The quantitative estimate of drug-likeness (QED) is 0.514. The Kier molecular flexibility index (Phi) is 2.79. The van der Waals surface area contributed by atoms with Crippen LogP contribution in [0, 0.1) is 0 Å². The zero-order chi connectivity index (χ0) is 8.23. The highest BCUT2D eigenvalue weighted by atomic mass is 16.5. The Labute approximate surface area is 73.5 Å². The van der Waals surface area contributed by atoms with Gasteiger partial charge >= 0.3 is 0 Å². The lowest BCUT2D eigenvalue weighted by molar-refractivity contribution is -0.103. The van der Waals surface area contributed by atoms with Crippen molar-refractivity contribution < 1.29 is 9.47 Å². The summed E-state index contributed by atoms with van der Waals surface area (Å²) in [7, 11) is 0. The third-order valence-electron chi connectivity index (χ3n) is 2.57. The summed E-state index contributed by atoms with van der Waals surface area (Å²) in [4.78, 5) is 0. The summed E-state index contributed by atoms with van der Waals surface area (Å²) in [5.41, 5.74) is 0. The first-order chi connectivity index (χ1) is 5.97. The molecule has 2 atom stereocenters. The fourth-order valence-electron chi connectivity index (χ4n) is 1.90. The first kappa shape index (κ1) is 8.27. The third kappa shape index (κ3) is 1.87. The summed E-state index contributed by atoms with van der Waals surface area (Å²) >= 11 is 0. The van der Waals surface area contributed by atoms with Crippen LogP contribution in [0.2, 0.25) is 0 Å². The van der Waals surface area contributed by atoms with Gasteiger partial charge in [0.05, 0.1) is 18.8 Å². The molecule has 0 aliphatic carbocycles. The molecule has 0 saturated carbocycles. The van der Waals surface area contributed by atoms with Gasteiger partial charge in [-0.2, -0.15) is 0 Å². The Morgan fingerprint density at radius 2 is 1.92 bits per heavy atom. The zero-order valence-electron chi connectivity index (χ0n) is 7.37. The lowest BCUT2D eigenvalue weighted by Crippen LogP contribution is -2.36. The molecule has 2 heteroatoms. The highest BCUT2D eigenvalue weighted by molar-refractivity contribution is 4.88. The molecule has 0 spiro atoms. The summed E-state index contributed by atoms with van der Waals surface area (Å²) < 4.78 is 11.3. The summed E-state index contributed by atoms with van der Waals surface area (Å²) in [6, 6.07) is 0. The Bertz CT molecular complexity index is 147. The molecule has 2 heterocycles. The average molecular weight is 168 g/mol. The van der Waals surface area contributed by atoms with Gasteiger partial charge in [0.1, 0.15) is 0 Å². The summed E-state index contributed by atoms with van der Waals surface area (Å²) in [5.74, 6) is 0. The number of fused-ring (bicyclic) bond motifs is 1. The number of rotatable bonds is 0. The van der Waals surface area contributed by atoms with E-state index in [1.165, 1.54) is 6.42 Å². The molecule has 0 aromatic heterocycles. The maximum atomic E-state index is 5.68. The molecule has 0 N–H and O–H groups in total. The molecule has 0 aromatic carbocycles. The van der Waals surface area contributed by atoms with E-state index >= 15 is 0 Å². The van der Waals surface area contributed by atoms with E-state index < -0.39 is 0 Å². The number of hydrogen-bond acceptors (Lipinski definition) is 2. The molecule has 0 aromatic rings. The van der Waals surface area contributed by atoms with Gasteiger partial charge in [-0.05, 0) is 25.7 Å². The van der Waals surface area contributed by atoms with Crippen LogP contribution in [0.3, 0.4) is 0 Å². The molecule has 0 bridgehead atoms. The SMILES string of the molecule is C1=C\CO[C@@H]2CCCO[C@H]2CC/1. The van der Waals surface area contributed by atoms with Crippen molar-refractivity contribution in [3.8, 4) is 0 Å². The minimum atomic E-state index is 0.365. The summed E-state index contributed by atoms with van der Waals surface area (Å²) in [6.07, 6.45) is 9.64. The smallest absolute Gasteiger partial charge is 0.0841 e. The van der Waals surface area contributed by atoms with Gasteiger partial charge in [-0.15, -0.1) is 0 Å². The molecule has 2 rings (SSSR count). The van der Waals surface area contributed by atoms with Gasteiger partial charge in [0, 0.05) is 6.61 Å². The summed E-state index contributed by atoms with van der Waals surface area (Å²) in [6.45, 7) is 1.69. The molecule has 1 fully saturated rings. The van der Waals surface area contributed by atoms with Crippen molar-refractivity contribution in [1.82, 2.24) is 0 Å². The molecule has 0 amide bonds. The Morgan fingerprint density at radius 1 is 1.00 bits per heavy atom. The zero-order valence-corrected chi connectivity index (χ0v) is 7.37. The van der Waals surface area contributed by atoms with Gasteiger partial charge in [-0.3, -0.25) is 0 Å². The molecule has 0 radical (unpaired) electrons. The second-order valence-electron chi connectivity index (χ2n) is 3.47. The lowest BCUT2D eigenvalue weighted by atomic mass is 10.0. The van der Waals surface area contributed by atoms with Gasteiger partial charge in [0.25, 0.3) is 0 Å². The Hall–Kier alpha value is -0.340. The first-order valence-electron chi connectivity index (χ1n) is 4.85. The van der Waals surface area contributed by atoms with Crippen LogP contribution in [0.5, 0.6) is 0 Å². The van der Waals surface area contributed by atoms with Crippen LogP contribution < -0.4 is 0 Å². The van der Waals surface area contributed by atoms with E-state index in [0.717, 1.165) is 32.5 Å². The molecular formula is C10H16O2. The molecule has 0 unspecified atom stereocenters. The Balaban J connectivity index is 1.95. The second kappa shape index (κ2) is 4.06. The van der Waals surface area contributed by atoms with Crippen LogP contribution in [0.15, 0.2) is 12.2 Å². The highest BCUT2D eigenvalue weighted by Crippen LogP contribution is 2.22. The molecular weight excluding hydrogens is 152 g/mol. The van der Waals surface area contributed by atoms with E-state index in [1.807, 2.05) is 0 Å². The number of allylic oxidation sites excluding steroid dienone is 1. The minimum absolute atomic E-state index is 0.365. The van der Waals surface area contributed by atoms with Crippen LogP contribution in [-0.2, 0) is 9.47 Å². The Morgan fingerprint density at radius 3 is 2.92 bits per heavy atom. The van der Waals surface area contributed by atoms with E-state index in [4.69, 9.17) is 9.47 Å². The van der Waals surface area contributed by atoms with Gasteiger partial charge in [0.15, 0.2) is 0 Å². The molecule has 2 aliphatic rings. The van der Waals surface area contributed by atoms with Crippen molar-refractivity contribution >= 4 is 0 Å². The third-order valence-corrected chi connectivity index (χ3v) is 2.57. The molecule has 1 saturated heterocycles. The normalized spacial score (nSPS) is 39.3. The maximum absolute atomic E-state index is 5.68. The second-order valence-corrected chi connectivity index (χ2v) is 3.47. The minimum Gasteiger partial charge on any atom is -0.376 e. The molecule has 68 valence electrons. The lowest BCUT2D eigenvalue weighted by Gasteiger charge is -2.32. The highest BCUT2D eigenvalue weighted by Gasteiger charge is 2.26. The van der Waals surface area contributed by atoms with Crippen molar-refractivity contribution in [3.05, 3.63) is 12.2 Å². The van der Waals surface area contributed by atoms with Crippen molar-refractivity contribution in [2.75, 3.05) is 13.2 Å². The van der Waals surface area contributed by atoms with Crippen molar-refractivity contribution in [3.63, 3.8) is 0 Å². The van der Waals surface area contributed by atoms with E-state index in [2.05, 4.69) is 12.2 Å². The van der Waals surface area contributed by atoms with Crippen LogP contribution in [-0.4, -0.2) is 25.4 Å². The van der Waals surface area contributed by atoms with E-state index in [1.54, 1.807) is 0 Å². The van der Waals surface area contributed by atoms with E-state index in [-0.39, 0.29) is 0 Å². The average Bonchev–Trinajstić information content (AvgIpc) is 2.06. The molecule has 2 nitrogen and oxygen atoms in total. The van der Waals surface area contributed by atoms with Crippen LogP contribution >= 0.6 is 0 Å². The van der Waals surface area contributed by atoms with Crippen LogP contribution in [0.4, 0.5) is 0 Å². The first-order valence-corrected chi connectivity index (χ1v) is 4.85. The predicted octanol–water partition coefficient (Wildman–Crippen LogP) is 1.90. The van der Waals surface area contributed by atoms with E-state index in [9.17, 15) is 0 Å². The fourth-order valence-corrected chi connectivity index (χ4v) is 1.90. The van der Waals surface area contributed by atoms with Gasteiger partial charge < -0.3 is 9.47 Å². The van der Waals surface area contributed by atoms with Gasteiger partial charge in [-0.1, -0.05) is 12.2 Å². The molecule has 2 aliphatic heterocycles. The van der Waals surface area contributed by atoms with Crippen molar-refractivity contribution in [2.24, 2.45) is 0 Å². The van der Waals surface area contributed by atoms with Crippen molar-refractivity contribution in [2.45, 2.75) is 37.9 Å². The van der Waals surface area contributed by atoms with Gasteiger partial charge in [0.2, 0.25) is 0 Å². The van der Waals surface area contributed by atoms with Crippen LogP contribution in [0.1, 0.15) is 25.7 Å². The molecule has 12 heavy (non-hydrogen) atoms. The standard InChI is InChI=1S/C10H16O2/c1-2-5-9-10(11-7-3-1)6-4-8-12-9/h1,3,9-10H,2,4-8H2/b3-1-/t9-,10+/m0/s1. The van der Waals surface area contributed by atoms with E-state index in [0.29, 0.717) is 12.2 Å². The van der Waals surface area contributed by atoms with Crippen LogP contribution in [0.25, 0.3) is 0 Å². The van der Waals surface area contributed by atoms with Gasteiger partial charge in [-0.25, -0.2) is 0 Å². The monoisotopic (exact) mass is 168 g/mol.